The normalized spacial score (nSPS) is 12.8. The first-order chi connectivity index (χ1) is 9.56. The molecule has 1 atom stereocenters. The second kappa shape index (κ2) is 5.08. The molecule has 0 fully saturated rings. The Morgan fingerprint density at radius 2 is 2.05 bits per heavy atom. The van der Waals surface area contributed by atoms with E-state index in [9.17, 15) is 0 Å². The Bertz CT molecular complexity index is 778. The Morgan fingerprint density at radius 3 is 2.75 bits per heavy atom. The quantitative estimate of drug-likeness (QED) is 0.643. The molecule has 0 aliphatic rings. The van der Waals surface area contributed by atoms with Gasteiger partial charge in [0.05, 0.1) is 10.4 Å². The molecule has 0 aliphatic carbocycles. The van der Waals surface area contributed by atoms with Gasteiger partial charge < -0.3 is 0 Å². The number of nitrogens with zero attached hydrogens (tertiary/aromatic N) is 3. The molecule has 5 heteroatoms. The molecule has 2 heterocycles. The molecule has 3 aromatic rings. The summed E-state index contributed by atoms with van der Waals surface area (Å²) in [6.45, 7) is 3.95. The van der Waals surface area contributed by atoms with Crippen LogP contribution in [-0.4, -0.2) is 14.5 Å². The van der Waals surface area contributed by atoms with Gasteiger partial charge in [-0.3, -0.25) is 4.57 Å². The van der Waals surface area contributed by atoms with E-state index in [4.69, 9.17) is 23.2 Å². The Labute approximate surface area is 127 Å². The summed E-state index contributed by atoms with van der Waals surface area (Å²) in [7, 11) is 0. The molecule has 102 valence electrons. The standard InChI is InChI=1S/C15H13Cl2N3/c1-9-4-3-5-12(6-9)20-14(10(2)16)19-13-7-11(17)8-18-15(13)20/h3-8,10H,1-2H3. The summed E-state index contributed by atoms with van der Waals surface area (Å²) in [5.41, 5.74) is 3.69. The first-order valence-electron chi connectivity index (χ1n) is 6.31. The maximum Gasteiger partial charge on any atom is 0.164 e. The molecule has 0 aliphatic heterocycles. The van der Waals surface area contributed by atoms with Crippen LogP contribution in [0.15, 0.2) is 36.5 Å². The highest BCUT2D eigenvalue weighted by Crippen LogP contribution is 2.28. The molecule has 2 aromatic heterocycles. The van der Waals surface area contributed by atoms with E-state index in [0.717, 1.165) is 22.7 Å². The van der Waals surface area contributed by atoms with Crippen LogP contribution in [0.5, 0.6) is 0 Å². The van der Waals surface area contributed by atoms with E-state index in [2.05, 4.69) is 29.0 Å². The van der Waals surface area contributed by atoms with Gasteiger partial charge in [0, 0.05) is 11.9 Å². The number of hydrogen-bond acceptors (Lipinski definition) is 2. The molecule has 3 nitrogen and oxygen atoms in total. The minimum absolute atomic E-state index is 0.219. The van der Waals surface area contributed by atoms with Crippen LogP contribution in [0.4, 0.5) is 0 Å². The topological polar surface area (TPSA) is 30.7 Å². The van der Waals surface area contributed by atoms with Gasteiger partial charge in [-0.25, -0.2) is 9.97 Å². The molecule has 0 saturated carbocycles. The summed E-state index contributed by atoms with van der Waals surface area (Å²) in [5, 5.41) is 0.351. The van der Waals surface area contributed by atoms with Gasteiger partial charge >= 0.3 is 0 Å². The van der Waals surface area contributed by atoms with Crippen molar-refractivity contribution in [2.24, 2.45) is 0 Å². The van der Waals surface area contributed by atoms with Crippen LogP contribution in [0.1, 0.15) is 23.7 Å². The number of benzene rings is 1. The van der Waals surface area contributed by atoms with Crippen molar-refractivity contribution in [3.63, 3.8) is 0 Å². The van der Waals surface area contributed by atoms with Crippen LogP contribution in [0, 0.1) is 6.92 Å². The first-order valence-corrected chi connectivity index (χ1v) is 7.12. The number of aryl methyl sites for hydroxylation is 1. The highest BCUT2D eigenvalue weighted by Gasteiger charge is 2.17. The molecule has 0 N–H and O–H groups in total. The Morgan fingerprint density at radius 1 is 1.25 bits per heavy atom. The second-order valence-corrected chi connectivity index (χ2v) is 5.85. The van der Waals surface area contributed by atoms with Gasteiger partial charge in [-0.2, -0.15) is 0 Å². The van der Waals surface area contributed by atoms with E-state index in [0.29, 0.717) is 5.02 Å². The van der Waals surface area contributed by atoms with Crippen LogP contribution in [0.3, 0.4) is 0 Å². The van der Waals surface area contributed by atoms with Gasteiger partial charge in [0.25, 0.3) is 0 Å². The van der Waals surface area contributed by atoms with Gasteiger partial charge in [-0.05, 0) is 37.6 Å². The zero-order valence-electron chi connectivity index (χ0n) is 11.1. The lowest BCUT2D eigenvalue weighted by molar-refractivity contribution is 0.876. The summed E-state index contributed by atoms with van der Waals surface area (Å²) in [6, 6.07) is 9.97. The molecular formula is C15H13Cl2N3. The number of hydrogen-bond donors (Lipinski definition) is 0. The molecule has 0 bridgehead atoms. The van der Waals surface area contributed by atoms with Crippen LogP contribution in [-0.2, 0) is 0 Å². The average Bonchev–Trinajstić information content (AvgIpc) is 2.77. The highest BCUT2D eigenvalue weighted by molar-refractivity contribution is 6.31. The van der Waals surface area contributed by atoms with Crippen molar-refractivity contribution in [3.05, 3.63) is 52.9 Å². The number of aromatic nitrogens is 3. The van der Waals surface area contributed by atoms with Crippen molar-refractivity contribution in [2.75, 3.05) is 0 Å². The van der Waals surface area contributed by atoms with E-state index in [1.165, 1.54) is 5.56 Å². The van der Waals surface area contributed by atoms with Crippen molar-refractivity contribution in [1.82, 2.24) is 14.5 Å². The number of imidazole rings is 1. The summed E-state index contributed by atoms with van der Waals surface area (Å²) in [6.07, 6.45) is 1.63. The zero-order chi connectivity index (χ0) is 14.3. The SMILES string of the molecule is Cc1cccc(-n2c(C(C)Cl)nc3cc(Cl)cnc32)c1. The third-order valence-electron chi connectivity index (χ3n) is 3.11. The number of rotatable bonds is 2. The molecule has 0 radical (unpaired) electrons. The maximum atomic E-state index is 6.27. The fraction of sp³-hybridized carbons (Fsp3) is 0.200. The van der Waals surface area contributed by atoms with Crippen LogP contribution >= 0.6 is 23.2 Å². The van der Waals surface area contributed by atoms with Gasteiger partial charge in [0.1, 0.15) is 11.3 Å². The first kappa shape index (κ1) is 13.4. The lowest BCUT2D eigenvalue weighted by atomic mass is 10.2. The van der Waals surface area contributed by atoms with Gasteiger partial charge in [-0.1, -0.05) is 23.7 Å². The van der Waals surface area contributed by atoms with Crippen molar-refractivity contribution < 1.29 is 0 Å². The number of fused-ring (bicyclic) bond motifs is 1. The van der Waals surface area contributed by atoms with E-state index >= 15 is 0 Å². The fourth-order valence-electron chi connectivity index (χ4n) is 2.25. The average molecular weight is 306 g/mol. The highest BCUT2D eigenvalue weighted by atomic mass is 35.5. The van der Waals surface area contributed by atoms with Crippen LogP contribution < -0.4 is 0 Å². The van der Waals surface area contributed by atoms with Crippen molar-refractivity contribution in [1.29, 1.82) is 0 Å². The zero-order valence-corrected chi connectivity index (χ0v) is 12.7. The lowest BCUT2D eigenvalue weighted by Gasteiger charge is -2.10. The Kier molecular flexibility index (Phi) is 3.40. The van der Waals surface area contributed by atoms with Crippen LogP contribution in [0.2, 0.25) is 5.02 Å². The number of alkyl halides is 1. The van der Waals surface area contributed by atoms with E-state index < -0.39 is 0 Å². The molecule has 20 heavy (non-hydrogen) atoms. The molecular weight excluding hydrogens is 293 g/mol. The summed E-state index contributed by atoms with van der Waals surface area (Å²) in [4.78, 5) is 8.96. The second-order valence-electron chi connectivity index (χ2n) is 4.76. The van der Waals surface area contributed by atoms with Crippen molar-refractivity contribution >= 4 is 34.4 Å². The molecule has 0 saturated heterocycles. The Hall–Kier alpha value is -1.58. The third kappa shape index (κ3) is 2.28. The predicted molar refractivity (Wildman–Crippen MR) is 82.9 cm³/mol. The van der Waals surface area contributed by atoms with Crippen molar-refractivity contribution in [3.8, 4) is 5.69 Å². The lowest BCUT2D eigenvalue weighted by Crippen LogP contribution is -2.02. The van der Waals surface area contributed by atoms with Crippen molar-refractivity contribution in [2.45, 2.75) is 19.2 Å². The maximum absolute atomic E-state index is 6.27. The summed E-state index contributed by atoms with van der Waals surface area (Å²) >= 11 is 12.3. The largest absolute Gasteiger partial charge is 0.279 e. The Balaban J connectivity index is 2.34. The smallest absolute Gasteiger partial charge is 0.164 e. The monoisotopic (exact) mass is 305 g/mol. The van der Waals surface area contributed by atoms with Crippen LogP contribution in [0.25, 0.3) is 16.9 Å². The molecule has 1 aromatic carbocycles. The fourth-order valence-corrected chi connectivity index (χ4v) is 2.54. The summed E-state index contributed by atoms with van der Waals surface area (Å²) < 4.78 is 1.98. The van der Waals surface area contributed by atoms with Gasteiger partial charge in [0.2, 0.25) is 0 Å². The predicted octanol–water partition coefficient (Wildman–Crippen LogP) is 4.68. The number of pyridine rings is 1. The van der Waals surface area contributed by atoms with E-state index in [1.54, 1.807) is 12.3 Å². The minimum Gasteiger partial charge on any atom is -0.279 e. The minimum atomic E-state index is -0.219. The molecule has 3 rings (SSSR count). The van der Waals surface area contributed by atoms with Gasteiger partial charge in [-0.15, -0.1) is 11.6 Å². The third-order valence-corrected chi connectivity index (χ3v) is 3.51. The molecule has 0 amide bonds. The molecule has 1 unspecified atom stereocenters. The van der Waals surface area contributed by atoms with E-state index in [1.807, 2.05) is 23.6 Å². The number of halogens is 2. The summed E-state index contributed by atoms with van der Waals surface area (Å²) in [5.74, 6) is 0.766. The van der Waals surface area contributed by atoms with Gasteiger partial charge in [0.15, 0.2) is 5.65 Å². The van der Waals surface area contributed by atoms with E-state index in [-0.39, 0.29) is 5.38 Å². The molecule has 0 spiro atoms.